The van der Waals surface area contributed by atoms with Gasteiger partial charge in [-0.3, -0.25) is 9.80 Å². The van der Waals surface area contributed by atoms with Crippen molar-refractivity contribution in [2.45, 2.75) is 82.1 Å². The van der Waals surface area contributed by atoms with Crippen LogP contribution in [0.15, 0.2) is 23.3 Å². The zero-order valence-electron chi connectivity index (χ0n) is 18.4. The number of hydrogen-bond acceptors (Lipinski definition) is 2. The first-order valence-corrected chi connectivity index (χ1v) is 10.4. The number of nitrogens with zero attached hydrogens (tertiary/aromatic N) is 2. The van der Waals surface area contributed by atoms with E-state index in [1.165, 1.54) is 58.5 Å². The van der Waals surface area contributed by atoms with Crippen LogP contribution in [0, 0.1) is 10.8 Å². The fourth-order valence-corrected chi connectivity index (χ4v) is 3.48. The minimum atomic E-state index is 0. The van der Waals surface area contributed by atoms with Gasteiger partial charge in [-0.2, -0.15) is 0 Å². The van der Waals surface area contributed by atoms with Gasteiger partial charge in [0.2, 0.25) is 0 Å². The summed E-state index contributed by atoms with van der Waals surface area (Å²) in [7, 11) is 0. The predicted octanol–water partition coefficient (Wildman–Crippen LogP) is 6.40. The SMILES string of the molecule is C.CCCCN1CC(=CC(C)(C)C)C1.CCCN1CC(=CC(C)(C)C)C1. The summed E-state index contributed by atoms with van der Waals surface area (Å²) in [6.45, 7) is 25.5. The third kappa shape index (κ3) is 11.2. The van der Waals surface area contributed by atoms with Gasteiger partial charge in [-0.05, 0) is 47.9 Å². The standard InChI is InChI=1S/C12H23N.C11H21N.CH4/c1-5-6-7-13-9-11(10-13)8-12(2,3)4;1-5-6-12-8-10(9-12)7-11(2,3)4;/h8H,5-7,9-10H2,1-4H3;7H,5-6,8-9H2,1-4H3;1H4. The lowest BCUT2D eigenvalue weighted by atomic mass is 9.91. The molecule has 0 saturated carbocycles. The number of rotatable bonds is 5. The molecule has 2 nitrogen and oxygen atoms in total. The first-order valence-electron chi connectivity index (χ1n) is 10.4. The molecule has 2 rings (SSSR count). The van der Waals surface area contributed by atoms with Gasteiger partial charge in [-0.25, -0.2) is 0 Å². The Labute approximate surface area is 165 Å². The Balaban J connectivity index is 0.000000464. The van der Waals surface area contributed by atoms with Crippen molar-refractivity contribution < 1.29 is 0 Å². The molecule has 0 aromatic rings. The second-order valence-corrected chi connectivity index (χ2v) is 10.1. The molecule has 2 heterocycles. The number of likely N-dealkylation sites (tertiary alicyclic amines) is 2. The molecule has 0 atom stereocenters. The van der Waals surface area contributed by atoms with E-state index < -0.39 is 0 Å². The van der Waals surface area contributed by atoms with Crippen molar-refractivity contribution in [2.24, 2.45) is 10.8 Å². The second kappa shape index (κ2) is 11.3. The molecule has 2 aliphatic heterocycles. The van der Waals surface area contributed by atoms with E-state index in [2.05, 4.69) is 77.3 Å². The van der Waals surface area contributed by atoms with Crippen LogP contribution in [0.2, 0.25) is 0 Å². The van der Waals surface area contributed by atoms with Crippen LogP contribution in [0.5, 0.6) is 0 Å². The lowest BCUT2D eigenvalue weighted by molar-refractivity contribution is 0.242. The smallest absolute Gasteiger partial charge is 0.0209 e. The molecule has 0 N–H and O–H groups in total. The Morgan fingerprint density at radius 2 is 1.08 bits per heavy atom. The molecule has 154 valence electrons. The van der Waals surface area contributed by atoms with Crippen LogP contribution in [0.1, 0.15) is 82.1 Å². The molecule has 0 radical (unpaired) electrons. The highest BCUT2D eigenvalue weighted by Gasteiger charge is 2.21. The normalized spacial score (nSPS) is 18.2. The van der Waals surface area contributed by atoms with Crippen molar-refractivity contribution in [2.75, 3.05) is 39.3 Å². The molecule has 0 unspecified atom stereocenters. The Hall–Kier alpha value is -0.600. The fraction of sp³-hybridized carbons (Fsp3) is 0.833. The average molecular weight is 365 g/mol. The second-order valence-electron chi connectivity index (χ2n) is 10.1. The molecule has 2 saturated heterocycles. The fourth-order valence-electron chi connectivity index (χ4n) is 3.48. The van der Waals surface area contributed by atoms with Crippen LogP contribution in [0.25, 0.3) is 0 Å². The van der Waals surface area contributed by atoms with Gasteiger partial charge < -0.3 is 0 Å². The minimum absolute atomic E-state index is 0. The van der Waals surface area contributed by atoms with Crippen molar-refractivity contribution in [1.29, 1.82) is 0 Å². The van der Waals surface area contributed by atoms with E-state index in [9.17, 15) is 0 Å². The van der Waals surface area contributed by atoms with Crippen molar-refractivity contribution in [3.05, 3.63) is 23.3 Å². The summed E-state index contributed by atoms with van der Waals surface area (Å²) < 4.78 is 0. The van der Waals surface area contributed by atoms with Gasteiger partial charge in [0.05, 0.1) is 0 Å². The van der Waals surface area contributed by atoms with Crippen LogP contribution in [-0.2, 0) is 0 Å². The molecule has 2 fully saturated rings. The first kappa shape index (κ1) is 25.4. The molecule has 2 heteroatoms. The van der Waals surface area contributed by atoms with E-state index in [1.54, 1.807) is 11.1 Å². The molecule has 0 aliphatic carbocycles. The van der Waals surface area contributed by atoms with Crippen LogP contribution >= 0.6 is 0 Å². The zero-order valence-corrected chi connectivity index (χ0v) is 18.4. The molecular formula is C24H48N2. The topological polar surface area (TPSA) is 6.48 Å². The van der Waals surface area contributed by atoms with E-state index in [0.717, 1.165) is 0 Å². The summed E-state index contributed by atoms with van der Waals surface area (Å²) in [4.78, 5) is 5.03. The molecule has 2 aliphatic rings. The highest BCUT2D eigenvalue weighted by molar-refractivity contribution is 5.18. The Kier molecular flexibility index (Phi) is 11.0. The van der Waals surface area contributed by atoms with Gasteiger partial charge in [0.15, 0.2) is 0 Å². The first-order chi connectivity index (χ1) is 11.5. The molecule has 0 amide bonds. The minimum Gasteiger partial charge on any atom is -0.295 e. The monoisotopic (exact) mass is 364 g/mol. The summed E-state index contributed by atoms with van der Waals surface area (Å²) in [5.41, 5.74) is 3.99. The molecule has 0 aromatic heterocycles. The van der Waals surface area contributed by atoms with Crippen LogP contribution in [-0.4, -0.2) is 49.1 Å². The summed E-state index contributed by atoms with van der Waals surface area (Å²) >= 11 is 0. The van der Waals surface area contributed by atoms with E-state index in [1.807, 2.05) is 0 Å². The summed E-state index contributed by atoms with van der Waals surface area (Å²) in [6.07, 6.45) is 8.79. The molecule has 0 spiro atoms. The van der Waals surface area contributed by atoms with Gasteiger partial charge in [-0.15, -0.1) is 0 Å². The third-order valence-corrected chi connectivity index (χ3v) is 4.35. The zero-order chi connectivity index (χ0) is 19.1. The Morgan fingerprint density at radius 1 is 0.692 bits per heavy atom. The highest BCUT2D eigenvalue weighted by Crippen LogP contribution is 2.24. The maximum atomic E-state index is 2.53. The van der Waals surface area contributed by atoms with Crippen LogP contribution < -0.4 is 0 Å². The molecule has 0 aromatic carbocycles. The van der Waals surface area contributed by atoms with Crippen molar-refractivity contribution in [3.8, 4) is 0 Å². The summed E-state index contributed by atoms with van der Waals surface area (Å²) in [5.74, 6) is 0. The maximum absolute atomic E-state index is 2.53. The van der Waals surface area contributed by atoms with E-state index in [-0.39, 0.29) is 7.43 Å². The maximum Gasteiger partial charge on any atom is 0.0209 e. The van der Waals surface area contributed by atoms with Crippen LogP contribution in [0.3, 0.4) is 0 Å². The van der Waals surface area contributed by atoms with Gasteiger partial charge in [0, 0.05) is 26.2 Å². The Bertz CT molecular complexity index is 430. The number of allylic oxidation sites excluding steroid dienone is 2. The van der Waals surface area contributed by atoms with Gasteiger partial charge >= 0.3 is 0 Å². The highest BCUT2D eigenvalue weighted by atomic mass is 15.2. The van der Waals surface area contributed by atoms with Gasteiger partial charge in [0.1, 0.15) is 0 Å². The largest absolute Gasteiger partial charge is 0.295 e. The predicted molar refractivity (Wildman–Crippen MR) is 120 cm³/mol. The van der Waals surface area contributed by atoms with E-state index >= 15 is 0 Å². The third-order valence-electron chi connectivity index (χ3n) is 4.35. The summed E-state index contributed by atoms with van der Waals surface area (Å²) in [6, 6.07) is 0. The number of hydrogen-bond donors (Lipinski definition) is 0. The number of unbranched alkanes of at least 4 members (excludes halogenated alkanes) is 1. The van der Waals surface area contributed by atoms with Gasteiger partial charge in [-0.1, -0.05) is 81.4 Å². The lowest BCUT2D eigenvalue weighted by Gasteiger charge is -2.35. The molecule has 0 bridgehead atoms. The molecular weight excluding hydrogens is 316 g/mol. The Morgan fingerprint density at radius 3 is 1.38 bits per heavy atom. The van der Waals surface area contributed by atoms with Crippen molar-refractivity contribution >= 4 is 0 Å². The van der Waals surface area contributed by atoms with Crippen molar-refractivity contribution in [1.82, 2.24) is 9.80 Å². The quantitative estimate of drug-likeness (QED) is 0.521. The lowest BCUT2D eigenvalue weighted by Crippen LogP contribution is -2.41. The summed E-state index contributed by atoms with van der Waals surface area (Å²) in [5, 5.41) is 0. The van der Waals surface area contributed by atoms with Crippen molar-refractivity contribution in [3.63, 3.8) is 0 Å². The van der Waals surface area contributed by atoms with E-state index in [0.29, 0.717) is 10.8 Å². The van der Waals surface area contributed by atoms with Crippen LogP contribution in [0.4, 0.5) is 0 Å². The van der Waals surface area contributed by atoms with Gasteiger partial charge in [0.25, 0.3) is 0 Å². The van der Waals surface area contributed by atoms with E-state index in [4.69, 9.17) is 0 Å². The molecule has 26 heavy (non-hydrogen) atoms. The average Bonchev–Trinajstić information content (AvgIpc) is 2.37.